The third-order valence-corrected chi connectivity index (χ3v) is 5.35. The first-order valence-corrected chi connectivity index (χ1v) is 8.51. The van der Waals surface area contributed by atoms with Crippen molar-refractivity contribution in [3.63, 3.8) is 0 Å². The molecule has 22 heavy (non-hydrogen) atoms. The Hall–Kier alpha value is -1.42. The van der Waals surface area contributed by atoms with Gasteiger partial charge in [0.15, 0.2) is 6.54 Å². The molecule has 0 aromatic heterocycles. The van der Waals surface area contributed by atoms with Gasteiger partial charge in [0.1, 0.15) is 5.82 Å². The molecule has 2 N–H and O–H groups in total. The molecule has 2 fully saturated rings. The number of anilines is 1. The molecule has 1 heterocycles. The normalized spacial score (nSPS) is 28.0. The number of fused-ring (bicyclic) bond motifs is 1. The molecule has 4 heteroatoms. The molecule has 1 aromatic carbocycles. The molecule has 2 aliphatic rings. The number of amides is 1. The molecule has 3 atom stereocenters. The number of rotatable bonds is 3. The first kappa shape index (κ1) is 15.5. The lowest BCUT2D eigenvalue weighted by Gasteiger charge is -2.38. The second kappa shape index (κ2) is 6.78. The summed E-state index contributed by atoms with van der Waals surface area (Å²) < 4.78 is 13.5. The quantitative estimate of drug-likeness (QED) is 0.881. The lowest BCUT2D eigenvalue weighted by Crippen LogP contribution is -3.15. The predicted octanol–water partition coefficient (Wildman–Crippen LogP) is 2.17. The molecule has 1 amide bonds. The summed E-state index contributed by atoms with van der Waals surface area (Å²) in [5.74, 6) is 1.43. The molecule has 1 saturated heterocycles. The highest BCUT2D eigenvalue weighted by Gasteiger charge is 2.34. The van der Waals surface area contributed by atoms with E-state index in [9.17, 15) is 9.18 Å². The van der Waals surface area contributed by atoms with Gasteiger partial charge in [-0.3, -0.25) is 4.79 Å². The van der Waals surface area contributed by atoms with E-state index < -0.39 is 0 Å². The fourth-order valence-electron chi connectivity index (χ4n) is 4.06. The molecule has 0 radical (unpaired) electrons. The molecule has 1 unspecified atom stereocenters. The van der Waals surface area contributed by atoms with Crippen molar-refractivity contribution in [1.29, 1.82) is 0 Å². The number of hydrogen-bond acceptors (Lipinski definition) is 1. The minimum Gasteiger partial charge on any atom is -0.327 e. The van der Waals surface area contributed by atoms with Gasteiger partial charge in [0.25, 0.3) is 5.91 Å². The molecule has 1 aliphatic carbocycles. The van der Waals surface area contributed by atoms with E-state index in [2.05, 4.69) is 5.32 Å². The van der Waals surface area contributed by atoms with Gasteiger partial charge >= 0.3 is 0 Å². The van der Waals surface area contributed by atoms with Crippen LogP contribution in [0, 0.1) is 24.6 Å². The summed E-state index contributed by atoms with van der Waals surface area (Å²) in [4.78, 5) is 13.6. The fraction of sp³-hybridized carbons (Fsp3) is 0.611. The van der Waals surface area contributed by atoms with Crippen LogP contribution in [-0.4, -0.2) is 25.5 Å². The van der Waals surface area contributed by atoms with Crippen LogP contribution in [0.3, 0.4) is 0 Å². The van der Waals surface area contributed by atoms with Crippen LogP contribution in [0.4, 0.5) is 10.1 Å². The molecular formula is C18H26FN2O+. The molecule has 1 aliphatic heterocycles. The van der Waals surface area contributed by atoms with Crippen molar-refractivity contribution in [3.8, 4) is 0 Å². The Kier molecular flexibility index (Phi) is 4.77. The van der Waals surface area contributed by atoms with Gasteiger partial charge < -0.3 is 10.2 Å². The number of carbonyl (C=O) groups excluding carboxylic acids is 1. The van der Waals surface area contributed by atoms with Crippen molar-refractivity contribution in [1.82, 2.24) is 0 Å². The van der Waals surface area contributed by atoms with E-state index in [0.717, 1.165) is 24.9 Å². The van der Waals surface area contributed by atoms with Gasteiger partial charge in [-0.1, -0.05) is 18.9 Å². The maximum absolute atomic E-state index is 13.5. The maximum Gasteiger partial charge on any atom is 0.279 e. The summed E-state index contributed by atoms with van der Waals surface area (Å²) in [5.41, 5.74) is 1.16. The molecular weight excluding hydrogens is 279 g/mol. The van der Waals surface area contributed by atoms with Crippen LogP contribution in [0.1, 0.15) is 37.7 Å². The summed E-state index contributed by atoms with van der Waals surface area (Å²) in [7, 11) is 0. The Morgan fingerprint density at radius 2 is 2.05 bits per heavy atom. The minimum absolute atomic E-state index is 0.00693. The Bertz CT molecular complexity index is 546. The van der Waals surface area contributed by atoms with E-state index in [1.807, 2.05) is 0 Å². The number of quaternary nitrogens is 1. The topological polar surface area (TPSA) is 33.5 Å². The number of nitrogens with one attached hydrogen (secondary N) is 2. The molecule has 3 rings (SSSR count). The number of hydrogen-bond donors (Lipinski definition) is 2. The van der Waals surface area contributed by atoms with Gasteiger partial charge in [0.2, 0.25) is 0 Å². The van der Waals surface area contributed by atoms with E-state index in [-0.39, 0.29) is 11.7 Å². The van der Waals surface area contributed by atoms with Crippen molar-refractivity contribution < 1.29 is 14.1 Å². The average molecular weight is 305 g/mol. The standard InChI is InChI=1S/C18H25FN2O/c1-13-6-7-16(10-17(13)19)20-18(22)12-21-9-8-14-4-2-3-5-15(14)11-21/h6-7,10,14-15H,2-5,8-9,11-12H2,1H3,(H,20,22)/p+1/t14-,15+/m0/s1. The van der Waals surface area contributed by atoms with Gasteiger partial charge in [-0.25, -0.2) is 4.39 Å². The van der Waals surface area contributed by atoms with E-state index in [1.165, 1.54) is 43.1 Å². The Morgan fingerprint density at radius 1 is 1.27 bits per heavy atom. The van der Waals surface area contributed by atoms with Crippen molar-refractivity contribution in [2.24, 2.45) is 11.8 Å². The van der Waals surface area contributed by atoms with Gasteiger partial charge in [-0.15, -0.1) is 0 Å². The zero-order valence-corrected chi connectivity index (χ0v) is 13.3. The number of aryl methyl sites for hydroxylation is 1. The summed E-state index contributed by atoms with van der Waals surface area (Å²) in [6.07, 6.45) is 6.71. The zero-order valence-electron chi connectivity index (χ0n) is 13.3. The summed E-state index contributed by atoms with van der Waals surface area (Å²) in [6, 6.07) is 4.86. The predicted molar refractivity (Wildman–Crippen MR) is 85.4 cm³/mol. The van der Waals surface area contributed by atoms with Crippen LogP contribution in [0.15, 0.2) is 18.2 Å². The van der Waals surface area contributed by atoms with E-state index in [4.69, 9.17) is 0 Å². The second-order valence-corrected chi connectivity index (χ2v) is 6.99. The minimum atomic E-state index is -0.270. The highest BCUT2D eigenvalue weighted by atomic mass is 19.1. The van der Waals surface area contributed by atoms with Crippen LogP contribution in [0.5, 0.6) is 0 Å². The zero-order chi connectivity index (χ0) is 15.5. The number of carbonyl (C=O) groups is 1. The lowest BCUT2D eigenvalue weighted by atomic mass is 9.75. The molecule has 1 aromatic rings. The SMILES string of the molecule is Cc1ccc(NC(=O)C[NH+]2CC[C@@H]3CCCC[C@@H]3C2)cc1F. The van der Waals surface area contributed by atoms with Crippen LogP contribution < -0.4 is 10.2 Å². The summed E-state index contributed by atoms with van der Waals surface area (Å²) >= 11 is 0. The maximum atomic E-state index is 13.5. The van der Waals surface area contributed by atoms with Gasteiger partial charge in [0, 0.05) is 11.6 Å². The van der Waals surface area contributed by atoms with Gasteiger partial charge in [0.05, 0.1) is 13.1 Å². The summed E-state index contributed by atoms with van der Waals surface area (Å²) in [5, 5.41) is 2.83. The monoisotopic (exact) mass is 305 g/mol. The molecule has 0 bridgehead atoms. The first-order valence-electron chi connectivity index (χ1n) is 8.51. The number of likely N-dealkylation sites (tertiary alicyclic amines) is 1. The molecule has 120 valence electrons. The molecule has 3 nitrogen and oxygen atoms in total. The van der Waals surface area contributed by atoms with Crippen molar-refractivity contribution >= 4 is 11.6 Å². The largest absolute Gasteiger partial charge is 0.327 e. The smallest absolute Gasteiger partial charge is 0.279 e. The van der Waals surface area contributed by atoms with Crippen LogP contribution >= 0.6 is 0 Å². The number of piperidine rings is 1. The Labute approximate surface area is 131 Å². The average Bonchev–Trinajstić information content (AvgIpc) is 2.51. The Morgan fingerprint density at radius 3 is 2.82 bits per heavy atom. The highest BCUT2D eigenvalue weighted by molar-refractivity contribution is 5.91. The number of halogens is 1. The highest BCUT2D eigenvalue weighted by Crippen LogP contribution is 2.32. The summed E-state index contributed by atoms with van der Waals surface area (Å²) in [6.45, 7) is 4.44. The lowest BCUT2D eigenvalue weighted by molar-refractivity contribution is -0.902. The van der Waals surface area contributed by atoms with Gasteiger partial charge in [-0.05, 0) is 49.8 Å². The fourth-order valence-corrected chi connectivity index (χ4v) is 4.06. The van der Waals surface area contributed by atoms with E-state index in [1.54, 1.807) is 19.1 Å². The third-order valence-electron chi connectivity index (χ3n) is 5.35. The van der Waals surface area contributed by atoms with Crippen LogP contribution in [0.2, 0.25) is 0 Å². The Balaban J connectivity index is 1.52. The van der Waals surface area contributed by atoms with E-state index in [0.29, 0.717) is 17.8 Å². The van der Waals surface area contributed by atoms with Crippen molar-refractivity contribution in [2.45, 2.75) is 39.0 Å². The van der Waals surface area contributed by atoms with Crippen molar-refractivity contribution in [3.05, 3.63) is 29.6 Å². The van der Waals surface area contributed by atoms with Crippen LogP contribution in [0.25, 0.3) is 0 Å². The molecule has 0 spiro atoms. The van der Waals surface area contributed by atoms with Crippen molar-refractivity contribution in [2.75, 3.05) is 25.0 Å². The first-order chi connectivity index (χ1) is 10.6. The van der Waals surface area contributed by atoms with E-state index >= 15 is 0 Å². The van der Waals surface area contributed by atoms with Crippen LogP contribution in [-0.2, 0) is 4.79 Å². The number of benzene rings is 1. The third kappa shape index (κ3) is 3.67. The molecule has 1 saturated carbocycles. The van der Waals surface area contributed by atoms with Gasteiger partial charge in [-0.2, -0.15) is 0 Å². The second-order valence-electron chi connectivity index (χ2n) is 6.99.